The number of aromatic amines is 1. The van der Waals surface area contributed by atoms with Crippen LogP contribution >= 0.6 is 0 Å². The average molecular weight is 326 g/mol. The number of fused-ring (bicyclic) bond motifs is 1. The number of aromatic nitrogens is 5. The van der Waals surface area contributed by atoms with Gasteiger partial charge in [0.05, 0.1) is 17.1 Å². The summed E-state index contributed by atoms with van der Waals surface area (Å²) in [5.74, 6) is 0.847. The number of carbonyl (C=O) groups is 1. The van der Waals surface area contributed by atoms with Crippen LogP contribution in [0.4, 0.5) is 0 Å². The van der Waals surface area contributed by atoms with Gasteiger partial charge in [-0.05, 0) is 26.8 Å². The number of hydrogen-bond acceptors (Lipinski definition) is 5. The Hall–Kier alpha value is -3.03. The fraction of sp³-hybridized carbons (Fsp3) is 0.312. The first-order valence-electron chi connectivity index (χ1n) is 7.60. The number of H-pyrrole nitrogens is 1. The molecule has 0 radical (unpaired) electrons. The van der Waals surface area contributed by atoms with Gasteiger partial charge in [0.1, 0.15) is 12.4 Å². The number of nitrogens with zero attached hydrogens (tertiary/aromatic N) is 4. The van der Waals surface area contributed by atoms with E-state index in [-0.39, 0.29) is 24.1 Å². The van der Waals surface area contributed by atoms with Crippen molar-refractivity contribution in [3.05, 3.63) is 52.0 Å². The van der Waals surface area contributed by atoms with E-state index >= 15 is 0 Å². The number of benzene rings is 1. The summed E-state index contributed by atoms with van der Waals surface area (Å²) in [6, 6.07) is 6.87. The van der Waals surface area contributed by atoms with E-state index in [9.17, 15) is 9.59 Å². The normalized spacial score (nSPS) is 12.3. The van der Waals surface area contributed by atoms with Gasteiger partial charge in [0.2, 0.25) is 5.91 Å². The molecule has 0 spiro atoms. The van der Waals surface area contributed by atoms with Crippen molar-refractivity contribution >= 4 is 16.7 Å². The van der Waals surface area contributed by atoms with Gasteiger partial charge in [-0.3, -0.25) is 14.7 Å². The third-order valence-electron chi connectivity index (χ3n) is 3.73. The van der Waals surface area contributed by atoms with Gasteiger partial charge in [-0.1, -0.05) is 18.2 Å². The number of rotatable bonds is 4. The summed E-state index contributed by atoms with van der Waals surface area (Å²) >= 11 is 0. The third-order valence-corrected chi connectivity index (χ3v) is 3.73. The van der Waals surface area contributed by atoms with Crippen LogP contribution in [0.25, 0.3) is 10.8 Å². The first kappa shape index (κ1) is 15.9. The molecule has 1 atom stereocenters. The van der Waals surface area contributed by atoms with Crippen molar-refractivity contribution in [1.82, 2.24) is 30.3 Å². The molecule has 24 heavy (non-hydrogen) atoms. The van der Waals surface area contributed by atoms with Crippen LogP contribution in [0.2, 0.25) is 0 Å². The van der Waals surface area contributed by atoms with E-state index in [1.165, 1.54) is 4.68 Å². The number of amides is 1. The summed E-state index contributed by atoms with van der Waals surface area (Å²) in [4.78, 5) is 28.9. The Bertz CT molecular complexity index is 959. The van der Waals surface area contributed by atoms with Crippen molar-refractivity contribution < 1.29 is 4.79 Å². The van der Waals surface area contributed by atoms with E-state index in [0.717, 1.165) is 5.39 Å². The molecular formula is C16H18N6O2. The number of aryl methyl sites for hydroxylation is 2. The van der Waals surface area contributed by atoms with E-state index in [0.29, 0.717) is 22.7 Å². The molecule has 0 aliphatic rings. The standard InChI is InChI=1S/C16H18N6O2/c1-9-12-6-4-5-7-13(12)16(24)22(21-9)8-14(23)17-10(2)15-18-11(3)19-20-15/h4-7,10H,8H2,1-3H3,(H,17,23)(H,18,19,20). The van der Waals surface area contributed by atoms with Crippen molar-refractivity contribution in [2.75, 3.05) is 0 Å². The number of nitrogens with one attached hydrogen (secondary N) is 2. The monoisotopic (exact) mass is 326 g/mol. The van der Waals surface area contributed by atoms with Crippen LogP contribution in [-0.2, 0) is 11.3 Å². The molecule has 0 saturated heterocycles. The summed E-state index contributed by atoms with van der Waals surface area (Å²) in [7, 11) is 0. The number of carbonyl (C=O) groups excluding carboxylic acids is 1. The molecule has 124 valence electrons. The van der Waals surface area contributed by atoms with E-state index in [4.69, 9.17) is 0 Å². The van der Waals surface area contributed by atoms with E-state index < -0.39 is 0 Å². The summed E-state index contributed by atoms with van der Waals surface area (Å²) in [6.07, 6.45) is 0. The molecule has 2 N–H and O–H groups in total. The molecule has 0 aliphatic carbocycles. The van der Waals surface area contributed by atoms with Gasteiger partial charge in [-0.15, -0.1) is 0 Å². The zero-order chi connectivity index (χ0) is 17.3. The molecule has 3 rings (SSSR count). The SMILES string of the molecule is Cc1nc(C(C)NC(=O)Cn2nc(C)c3ccccc3c2=O)n[nH]1. The second kappa shape index (κ2) is 6.23. The van der Waals surface area contributed by atoms with Crippen molar-refractivity contribution in [1.29, 1.82) is 0 Å². The molecule has 1 aromatic carbocycles. The minimum atomic E-state index is -0.361. The van der Waals surface area contributed by atoms with Crippen LogP contribution in [-0.4, -0.2) is 30.9 Å². The maximum absolute atomic E-state index is 12.5. The Morgan fingerprint density at radius 2 is 2.00 bits per heavy atom. The Morgan fingerprint density at radius 1 is 1.29 bits per heavy atom. The van der Waals surface area contributed by atoms with Crippen LogP contribution in [0.3, 0.4) is 0 Å². The summed E-state index contributed by atoms with van der Waals surface area (Å²) in [5.41, 5.74) is 0.420. The van der Waals surface area contributed by atoms with Crippen LogP contribution in [0.5, 0.6) is 0 Å². The van der Waals surface area contributed by atoms with Crippen LogP contribution in [0, 0.1) is 13.8 Å². The molecule has 0 bridgehead atoms. The predicted octanol–water partition coefficient (Wildman–Crippen LogP) is 1.01. The lowest BCUT2D eigenvalue weighted by atomic mass is 10.1. The van der Waals surface area contributed by atoms with Gasteiger partial charge in [-0.25, -0.2) is 9.67 Å². The second-order valence-corrected chi connectivity index (χ2v) is 5.66. The average Bonchev–Trinajstić information content (AvgIpc) is 2.99. The minimum absolute atomic E-state index is 0.155. The highest BCUT2D eigenvalue weighted by Crippen LogP contribution is 2.11. The fourth-order valence-corrected chi connectivity index (χ4v) is 2.55. The van der Waals surface area contributed by atoms with Crippen molar-refractivity contribution in [3.8, 4) is 0 Å². The Kier molecular flexibility index (Phi) is 4.11. The predicted molar refractivity (Wildman–Crippen MR) is 88.4 cm³/mol. The van der Waals surface area contributed by atoms with Crippen molar-refractivity contribution in [3.63, 3.8) is 0 Å². The molecule has 1 unspecified atom stereocenters. The van der Waals surface area contributed by atoms with E-state index in [2.05, 4.69) is 25.6 Å². The van der Waals surface area contributed by atoms with Crippen LogP contribution < -0.4 is 10.9 Å². The molecule has 0 fully saturated rings. The van der Waals surface area contributed by atoms with Crippen molar-refractivity contribution in [2.24, 2.45) is 0 Å². The Balaban J connectivity index is 1.81. The topological polar surface area (TPSA) is 106 Å². The van der Waals surface area contributed by atoms with Gasteiger partial charge in [-0.2, -0.15) is 10.2 Å². The molecule has 1 amide bonds. The largest absolute Gasteiger partial charge is 0.345 e. The highest BCUT2D eigenvalue weighted by atomic mass is 16.2. The quantitative estimate of drug-likeness (QED) is 0.744. The summed E-state index contributed by atoms with van der Waals surface area (Å²) in [5, 5.41) is 15.1. The van der Waals surface area contributed by atoms with E-state index in [1.807, 2.05) is 19.1 Å². The zero-order valence-corrected chi connectivity index (χ0v) is 13.7. The minimum Gasteiger partial charge on any atom is -0.345 e. The molecular weight excluding hydrogens is 308 g/mol. The van der Waals surface area contributed by atoms with E-state index in [1.54, 1.807) is 26.0 Å². The molecule has 2 aromatic heterocycles. The van der Waals surface area contributed by atoms with Gasteiger partial charge < -0.3 is 5.32 Å². The van der Waals surface area contributed by atoms with Gasteiger partial charge in [0.25, 0.3) is 5.56 Å². The Labute approximate surface area is 137 Å². The lowest BCUT2D eigenvalue weighted by Crippen LogP contribution is -2.35. The fourth-order valence-electron chi connectivity index (χ4n) is 2.55. The van der Waals surface area contributed by atoms with Crippen LogP contribution in [0.15, 0.2) is 29.1 Å². The highest BCUT2D eigenvalue weighted by molar-refractivity contribution is 5.83. The molecule has 8 nitrogen and oxygen atoms in total. The molecule has 0 aliphatic heterocycles. The molecule has 2 heterocycles. The first-order chi connectivity index (χ1) is 11.5. The van der Waals surface area contributed by atoms with Gasteiger partial charge in [0.15, 0.2) is 5.82 Å². The lowest BCUT2D eigenvalue weighted by Gasteiger charge is -2.12. The highest BCUT2D eigenvalue weighted by Gasteiger charge is 2.16. The zero-order valence-electron chi connectivity index (χ0n) is 13.7. The maximum atomic E-state index is 12.5. The molecule has 3 aromatic rings. The summed E-state index contributed by atoms with van der Waals surface area (Å²) in [6.45, 7) is 5.22. The Morgan fingerprint density at radius 3 is 2.67 bits per heavy atom. The maximum Gasteiger partial charge on any atom is 0.275 e. The third kappa shape index (κ3) is 3.03. The second-order valence-electron chi connectivity index (χ2n) is 5.66. The summed E-state index contributed by atoms with van der Waals surface area (Å²) < 4.78 is 1.18. The van der Waals surface area contributed by atoms with Gasteiger partial charge >= 0.3 is 0 Å². The first-order valence-corrected chi connectivity index (χ1v) is 7.60. The van der Waals surface area contributed by atoms with Gasteiger partial charge in [0, 0.05) is 5.39 Å². The molecule has 0 saturated carbocycles. The van der Waals surface area contributed by atoms with Crippen molar-refractivity contribution in [2.45, 2.75) is 33.4 Å². The lowest BCUT2D eigenvalue weighted by molar-refractivity contribution is -0.122. The number of hydrogen-bond donors (Lipinski definition) is 2. The molecule has 8 heteroatoms. The van der Waals surface area contributed by atoms with Crippen LogP contribution in [0.1, 0.15) is 30.3 Å². The smallest absolute Gasteiger partial charge is 0.275 e.